The Morgan fingerprint density at radius 1 is 1.12 bits per heavy atom. The molecule has 0 rings (SSSR count). The summed E-state index contributed by atoms with van der Waals surface area (Å²) in [5.74, 6) is 0. The van der Waals surface area contributed by atoms with E-state index in [9.17, 15) is 0 Å². The summed E-state index contributed by atoms with van der Waals surface area (Å²) in [7, 11) is 0. The van der Waals surface area contributed by atoms with Gasteiger partial charge in [-0.15, -0.1) is 0 Å². The maximum atomic E-state index is 2.49. The van der Waals surface area contributed by atoms with Crippen LogP contribution in [-0.4, -0.2) is 0 Å². The van der Waals surface area contributed by atoms with E-state index in [0.29, 0.717) is 0 Å². The fraction of sp³-hybridized carbons (Fsp3) is 1.00. The van der Waals surface area contributed by atoms with Gasteiger partial charge in [0, 0.05) is 0 Å². The molecular weight excluding hydrogens is 265 g/mol. The van der Waals surface area contributed by atoms with Crippen molar-refractivity contribution in [1.29, 1.82) is 0 Å². The second-order valence-corrected chi connectivity index (χ2v) is 11.9. The molecule has 0 atom stereocenters. The molecular formula is C7H17Ta. The Kier molecular flexibility index (Phi) is 6.41. The van der Waals surface area contributed by atoms with E-state index in [0.717, 1.165) is 0 Å². The Hall–Kier alpha value is 0.740. The van der Waals surface area contributed by atoms with Crippen molar-refractivity contribution in [2.45, 2.75) is 41.1 Å². The van der Waals surface area contributed by atoms with Crippen LogP contribution in [0.25, 0.3) is 0 Å². The van der Waals surface area contributed by atoms with Crippen LogP contribution < -0.4 is 0 Å². The molecule has 0 aromatic heterocycles. The molecule has 0 N–H and O–H groups in total. The summed E-state index contributed by atoms with van der Waals surface area (Å²) < 4.78 is 1.61. The topological polar surface area (TPSA) is 0 Å². The van der Waals surface area contributed by atoms with Crippen molar-refractivity contribution in [2.24, 2.45) is 0 Å². The van der Waals surface area contributed by atoms with Crippen molar-refractivity contribution in [2.75, 3.05) is 0 Å². The average molecular weight is 282 g/mol. The minimum absolute atomic E-state index is 0.718. The Balaban J connectivity index is 2.72. The van der Waals surface area contributed by atoms with Crippen molar-refractivity contribution in [3.8, 4) is 0 Å². The first-order valence-corrected chi connectivity index (χ1v) is 12.1. The molecule has 0 aliphatic rings. The molecule has 50 valence electrons. The predicted octanol–water partition coefficient (Wildman–Crippen LogP) is 3.31. The van der Waals surface area contributed by atoms with Crippen LogP contribution in [0, 0.1) is 0 Å². The van der Waals surface area contributed by atoms with Crippen LogP contribution in [0.5, 0.6) is 0 Å². The zero-order chi connectivity index (χ0) is 6.41. The van der Waals surface area contributed by atoms with E-state index in [4.69, 9.17) is 0 Å². The molecule has 8 heavy (non-hydrogen) atoms. The molecule has 0 bridgehead atoms. The molecule has 0 nitrogen and oxygen atoms in total. The molecule has 0 radical (unpaired) electrons. The summed E-state index contributed by atoms with van der Waals surface area (Å²) in [4.78, 5) is 0. The van der Waals surface area contributed by atoms with Gasteiger partial charge in [0.15, 0.2) is 0 Å². The predicted molar refractivity (Wildman–Crippen MR) is 36.1 cm³/mol. The van der Waals surface area contributed by atoms with Gasteiger partial charge >= 0.3 is 59.5 Å². The second kappa shape index (κ2) is 5.87. The van der Waals surface area contributed by atoms with Gasteiger partial charge in [-0.3, -0.25) is 0 Å². The van der Waals surface area contributed by atoms with E-state index in [1.165, 1.54) is 19.3 Å². The van der Waals surface area contributed by atoms with E-state index < -0.39 is 18.4 Å². The number of hydrogen-bond donors (Lipinski definition) is 0. The third kappa shape index (κ3) is 6.74. The van der Waals surface area contributed by atoms with Gasteiger partial charge in [0.25, 0.3) is 0 Å². The van der Waals surface area contributed by atoms with Crippen molar-refractivity contribution in [3.63, 3.8) is 0 Å². The summed E-state index contributed by atoms with van der Waals surface area (Å²) in [5.41, 5.74) is 0. The maximum absolute atomic E-state index is 2.49. The van der Waals surface area contributed by atoms with E-state index in [2.05, 4.69) is 17.2 Å². The number of rotatable bonds is 4. The van der Waals surface area contributed by atoms with Crippen molar-refractivity contribution in [1.82, 2.24) is 0 Å². The Bertz CT molecular complexity index is 41.7. The van der Waals surface area contributed by atoms with Crippen LogP contribution in [-0.2, 0) is 18.4 Å². The van der Waals surface area contributed by atoms with Crippen molar-refractivity contribution < 1.29 is 18.4 Å². The molecule has 0 unspecified atom stereocenters. The molecule has 0 aromatic rings. The molecule has 0 saturated carbocycles. The van der Waals surface area contributed by atoms with Crippen molar-refractivity contribution >= 4 is 0 Å². The molecule has 0 fully saturated rings. The van der Waals surface area contributed by atoms with Crippen molar-refractivity contribution in [3.05, 3.63) is 0 Å². The molecule has 0 amide bonds. The molecule has 1 heteroatoms. The Morgan fingerprint density at radius 3 is 2.12 bits per heavy atom. The van der Waals surface area contributed by atoms with Gasteiger partial charge in [-0.25, -0.2) is 0 Å². The van der Waals surface area contributed by atoms with Gasteiger partial charge in [0.05, 0.1) is 0 Å². The molecule has 0 heterocycles. The Morgan fingerprint density at radius 2 is 1.75 bits per heavy atom. The van der Waals surface area contributed by atoms with E-state index in [1.807, 2.05) is 0 Å². The van der Waals surface area contributed by atoms with E-state index >= 15 is 0 Å². The zero-order valence-corrected chi connectivity index (χ0v) is 9.49. The summed E-state index contributed by atoms with van der Waals surface area (Å²) in [6.45, 7) is 2.27. The van der Waals surface area contributed by atoms with Gasteiger partial charge in [-0.05, 0) is 0 Å². The molecule has 0 aliphatic carbocycles. The molecule has 0 spiro atoms. The summed E-state index contributed by atoms with van der Waals surface area (Å²) in [6, 6.07) is 0. The second-order valence-electron chi connectivity index (χ2n) is 2.51. The fourth-order valence-electron chi connectivity index (χ4n) is 0.678. The van der Waals surface area contributed by atoms with Gasteiger partial charge < -0.3 is 0 Å². The first-order valence-electron chi connectivity index (χ1n) is 3.42. The molecule has 0 aliphatic heterocycles. The zero-order valence-electron chi connectivity index (χ0n) is 6.28. The third-order valence-electron chi connectivity index (χ3n) is 1.21. The minimum atomic E-state index is -0.718. The average Bonchev–Trinajstić information content (AvgIpc) is 1.66. The van der Waals surface area contributed by atoms with Crippen LogP contribution in [0.4, 0.5) is 0 Å². The van der Waals surface area contributed by atoms with Gasteiger partial charge in [-0.2, -0.15) is 0 Å². The van der Waals surface area contributed by atoms with Gasteiger partial charge in [-0.1, -0.05) is 0 Å². The normalized spacial score (nSPS) is 10.5. The van der Waals surface area contributed by atoms with Crippen LogP contribution in [0.3, 0.4) is 0 Å². The van der Waals surface area contributed by atoms with Crippen LogP contribution in [0.2, 0.25) is 14.9 Å². The summed E-state index contributed by atoms with van der Waals surface area (Å²) in [5, 5.41) is 4.98. The number of hydrogen-bond acceptors (Lipinski definition) is 0. The fourth-order valence-corrected chi connectivity index (χ4v) is 3.75. The van der Waals surface area contributed by atoms with Gasteiger partial charge in [0.2, 0.25) is 0 Å². The first kappa shape index (κ1) is 8.74. The standard InChI is InChI=1S/C5H11.2CH3.Ta/c1-3-5-4-2;;;/h1,3-5H2,2H3;2*1H3;. The SMILES string of the molecule is CCCC[CH2][Ta]([CH3])[CH3]. The molecule has 0 saturated heterocycles. The quantitative estimate of drug-likeness (QED) is 0.694. The van der Waals surface area contributed by atoms with E-state index in [1.54, 1.807) is 4.64 Å². The van der Waals surface area contributed by atoms with Crippen LogP contribution in [0.1, 0.15) is 26.2 Å². The first-order chi connectivity index (χ1) is 3.77. The number of unbranched alkanes of at least 4 members (excludes halogenated alkanes) is 2. The Labute approximate surface area is 59.8 Å². The van der Waals surface area contributed by atoms with Crippen LogP contribution in [0.15, 0.2) is 0 Å². The monoisotopic (exact) mass is 282 g/mol. The van der Waals surface area contributed by atoms with E-state index in [-0.39, 0.29) is 0 Å². The summed E-state index contributed by atoms with van der Waals surface area (Å²) >= 11 is -0.718. The third-order valence-corrected chi connectivity index (χ3v) is 5.56. The molecule has 0 aromatic carbocycles. The van der Waals surface area contributed by atoms with Crippen LogP contribution >= 0.6 is 0 Å². The summed E-state index contributed by atoms with van der Waals surface area (Å²) in [6.07, 6.45) is 4.37. The van der Waals surface area contributed by atoms with Gasteiger partial charge in [0.1, 0.15) is 0 Å².